The molecule has 218 valence electrons. The van der Waals surface area contributed by atoms with Crippen LogP contribution in [0.5, 0.6) is 5.75 Å². The number of amides is 1. The molecule has 1 saturated heterocycles. The number of fused-ring (bicyclic) bond motifs is 1. The number of halogens is 2. The summed E-state index contributed by atoms with van der Waals surface area (Å²) in [5, 5.41) is 22.2. The Bertz CT molecular complexity index is 1620. The second-order valence-corrected chi connectivity index (χ2v) is 11.3. The van der Waals surface area contributed by atoms with Crippen molar-refractivity contribution in [3.63, 3.8) is 0 Å². The van der Waals surface area contributed by atoms with Gasteiger partial charge in [-0.15, -0.1) is 0 Å². The second-order valence-electron chi connectivity index (χ2n) is 11.3. The molecule has 0 radical (unpaired) electrons. The Labute approximate surface area is 242 Å². The zero-order valence-corrected chi connectivity index (χ0v) is 23.7. The SMILES string of the molecule is C=CC(=O)N1CCN(C2=NC(O)N(c3c(C(C)C)ccnc3C)c3nc(-c4c(O)cccc4F)c(F)cc32)C2(CC2)C1. The Hall–Kier alpha value is -4.38. The van der Waals surface area contributed by atoms with Crippen molar-refractivity contribution in [2.75, 3.05) is 24.5 Å². The number of carbonyl (C=O) groups excluding carboxylic acids is 1. The van der Waals surface area contributed by atoms with E-state index in [-0.39, 0.29) is 23.2 Å². The summed E-state index contributed by atoms with van der Waals surface area (Å²) in [6, 6.07) is 6.80. The standard InChI is InChI=1S/C31H32F2N6O3/c1-5-24(41)37-13-14-38(31(16-37)10-11-31)28-20-15-22(33)26(25-21(32)7-6-8-23(25)40)35-29(20)39(30(42)36-28)27-18(4)34-12-9-19(27)17(2)3/h5-9,12,15,17,30,40,42H,1,10-11,13-14,16H2,2-4H3. The molecule has 2 aromatic heterocycles. The predicted molar refractivity (Wildman–Crippen MR) is 154 cm³/mol. The number of anilines is 2. The molecule has 2 N–H and O–H groups in total. The van der Waals surface area contributed by atoms with Crippen LogP contribution in [-0.4, -0.2) is 73.2 Å². The number of aromatic hydroxyl groups is 1. The molecule has 1 aromatic carbocycles. The minimum Gasteiger partial charge on any atom is -0.507 e. The van der Waals surface area contributed by atoms with Crippen LogP contribution in [0.4, 0.5) is 20.3 Å². The third-order valence-corrected chi connectivity index (χ3v) is 8.34. The Morgan fingerprint density at radius 1 is 1.19 bits per heavy atom. The Kier molecular flexibility index (Phi) is 6.72. The van der Waals surface area contributed by atoms with Crippen LogP contribution in [0.3, 0.4) is 0 Å². The Morgan fingerprint density at radius 3 is 2.62 bits per heavy atom. The van der Waals surface area contributed by atoms with E-state index in [1.165, 1.54) is 29.2 Å². The molecule has 4 heterocycles. The van der Waals surface area contributed by atoms with Crippen molar-refractivity contribution in [3.8, 4) is 17.0 Å². The van der Waals surface area contributed by atoms with Crippen molar-refractivity contribution in [1.82, 2.24) is 19.8 Å². The number of phenolic OH excluding ortho intramolecular Hbond substituents is 1. The third-order valence-electron chi connectivity index (χ3n) is 8.34. The molecule has 3 aromatic rings. The minimum absolute atomic E-state index is 0.0310. The topological polar surface area (TPSA) is 105 Å². The number of aliphatic hydroxyl groups excluding tert-OH is 1. The fourth-order valence-corrected chi connectivity index (χ4v) is 6.09. The van der Waals surface area contributed by atoms with Gasteiger partial charge in [0.2, 0.25) is 12.3 Å². The van der Waals surface area contributed by atoms with E-state index in [2.05, 4.69) is 16.5 Å². The van der Waals surface area contributed by atoms with Crippen molar-refractivity contribution < 1.29 is 23.8 Å². The van der Waals surface area contributed by atoms with Crippen molar-refractivity contribution in [1.29, 1.82) is 0 Å². The largest absolute Gasteiger partial charge is 0.507 e. The minimum atomic E-state index is -1.46. The summed E-state index contributed by atoms with van der Waals surface area (Å²) in [6.07, 6.45) is 3.09. The maximum Gasteiger partial charge on any atom is 0.246 e. The first-order valence-corrected chi connectivity index (χ1v) is 13.9. The zero-order valence-electron chi connectivity index (χ0n) is 23.7. The van der Waals surface area contributed by atoms with Gasteiger partial charge >= 0.3 is 0 Å². The Balaban J connectivity index is 1.56. The van der Waals surface area contributed by atoms with E-state index in [0.717, 1.165) is 24.5 Å². The first kappa shape index (κ1) is 27.8. The summed E-state index contributed by atoms with van der Waals surface area (Å²) >= 11 is 0. The number of amidine groups is 1. The van der Waals surface area contributed by atoms with Crippen LogP contribution in [0.25, 0.3) is 11.3 Å². The van der Waals surface area contributed by atoms with Crippen LogP contribution >= 0.6 is 0 Å². The molecule has 1 amide bonds. The average molecular weight is 575 g/mol. The molecule has 3 aliphatic rings. The number of piperazine rings is 1. The van der Waals surface area contributed by atoms with Crippen molar-refractivity contribution in [2.45, 2.75) is 51.4 Å². The molecule has 2 aliphatic heterocycles. The number of aliphatic hydroxyl groups is 1. The normalized spacial score (nSPS) is 19.2. The van der Waals surface area contributed by atoms with Gasteiger partial charge in [-0.1, -0.05) is 26.5 Å². The van der Waals surface area contributed by atoms with Gasteiger partial charge < -0.3 is 20.0 Å². The number of nitrogens with zero attached hydrogens (tertiary/aromatic N) is 6. The quantitative estimate of drug-likeness (QED) is 0.439. The van der Waals surface area contributed by atoms with Crippen molar-refractivity contribution >= 4 is 23.2 Å². The summed E-state index contributed by atoms with van der Waals surface area (Å²) < 4.78 is 30.9. The highest BCUT2D eigenvalue weighted by Gasteiger charge is 2.54. The van der Waals surface area contributed by atoms with Crippen molar-refractivity contribution in [3.05, 3.63) is 77.6 Å². The summed E-state index contributed by atoms with van der Waals surface area (Å²) in [5.41, 5.74) is 1.15. The molecule has 1 unspecified atom stereocenters. The lowest BCUT2D eigenvalue weighted by molar-refractivity contribution is -0.128. The number of hydrogen-bond donors (Lipinski definition) is 2. The molecule has 6 rings (SSSR count). The van der Waals surface area contributed by atoms with Gasteiger partial charge in [0.25, 0.3) is 0 Å². The van der Waals surface area contributed by atoms with Gasteiger partial charge in [-0.2, -0.15) is 0 Å². The van der Waals surface area contributed by atoms with Gasteiger partial charge in [0.15, 0.2) is 5.82 Å². The molecule has 1 aliphatic carbocycles. The molecular formula is C31H32F2N6O3. The van der Waals surface area contributed by atoms with Crippen LogP contribution in [0.15, 0.2) is 54.2 Å². The number of carbonyl (C=O) groups is 1. The number of rotatable bonds is 4. The van der Waals surface area contributed by atoms with E-state index < -0.39 is 35.0 Å². The number of aliphatic imine (C=N–C) groups is 1. The fraction of sp³-hybridized carbons (Fsp3) is 0.355. The number of benzene rings is 1. The average Bonchev–Trinajstić information content (AvgIpc) is 3.72. The first-order chi connectivity index (χ1) is 20.1. The van der Waals surface area contributed by atoms with E-state index >= 15 is 4.39 Å². The summed E-state index contributed by atoms with van der Waals surface area (Å²) in [4.78, 5) is 31.4. The number of pyridine rings is 2. The maximum absolute atomic E-state index is 15.9. The lowest BCUT2D eigenvalue weighted by Gasteiger charge is -2.46. The van der Waals surface area contributed by atoms with E-state index in [0.29, 0.717) is 42.4 Å². The fourth-order valence-electron chi connectivity index (χ4n) is 6.09. The smallest absolute Gasteiger partial charge is 0.246 e. The van der Waals surface area contributed by atoms with Gasteiger partial charge in [0.1, 0.15) is 28.9 Å². The van der Waals surface area contributed by atoms with Gasteiger partial charge in [0, 0.05) is 25.8 Å². The van der Waals surface area contributed by atoms with Gasteiger partial charge in [0.05, 0.1) is 28.0 Å². The highest BCUT2D eigenvalue weighted by atomic mass is 19.1. The lowest BCUT2D eigenvalue weighted by Crippen LogP contribution is -2.59. The monoisotopic (exact) mass is 574 g/mol. The predicted octanol–water partition coefficient (Wildman–Crippen LogP) is 4.60. The zero-order chi connectivity index (χ0) is 29.9. The highest BCUT2D eigenvalue weighted by molar-refractivity contribution is 6.06. The molecule has 1 spiro atoms. The van der Waals surface area contributed by atoms with E-state index in [4.69, 9.17) is 4.99 Å². The van der Waals surface area contributed by atoms with Crippen LogP contribution in [-0.2, 0) is 4.79 Å². The summed E-state index contributed by atoms with van der Waals surface area (Å²) in [6.45, 7) is 10.7. The van der Waals surface area contributed by atoms with Gasteiger partial charge in [-0.05, 0) is 61.6 Å². The summed E-state index contributed by atoms with van der Waals surface area (Å²) in [7, 11) is 0. The number of aromatic nitrogens is 2. The van der Waals surface area contributed by atoms with E-state index in [1.54, 1.807) is 18.0 Å². The van der Waals surface area contributed by atoms with E-state index in [9.17, 15) is 19.4 Å². The van der Waals surface area contributed by atoms with Gasteiger partial charge in [-0.3, -0.25) is 14.7 Å². The van der Waals surface area contributed by atoms with Crippen molar-refractivity contribution in [2.24, 2.45) is 4.99 Å². The maximum atomic E-state index is 15.9. The molecule has 2 fully saturated rings. The van der Waals surface area contributed by atoms with Crippen LogP contribution in [0.2, 0.25) is 0 Å². The number of hydrogen-bond acceptors (Lipinski definition) is 8. The molecule has 42 heavy (non-hydrogen) atoms. The Morgan fingerprint density at radius 2 is 1.95 bits per heavy atom. The first-order valence-electron chi connectivity index (χ1n) is 13.9. The molecule has 1 saturated carbocycles. The van der Waals surface area contributed by atoms with Gasteiger partial charge in [-0.25, -0.2) is 18.8 Å². The summed E-state index contributed by atoms with van der Waals surface area (Å²) in [5.74, 6) is -1.77. The van der Waals surface area contributed by atoms with E-state index in [1.807, 2.05) is 24.8 Å². The lowest BCUT2D eigenvalue weighted by atomic mass is 9.98. The van der Waals surface area contributed by atoms with Crippen LogP contribution < -0.4 is 4.90 Å². The molecular weight excluding hydrogens is 542 g/mol. The van der Waals surface area contributed by atoms with Crippen LogP contribution in [0.1, 0.15) is 49.4 Å². The van der Waals surface area contributed by atoms with Crippen LogP contribution in [0, 0.1) is 18.6 Å². The molecule has 1 atom stereocenters. The third kappa shape index (κ3) is 4.39. The molecule has 0 bridgehead atoms. The highest BCUT2D eigenvalue weighted by Crippen LogP contribution is 2.48. The molecule has 11 heteroatoms. The number of phenols is 1. The molecule has 9 nitrogen and oxygen atoms in total. The number of aryl methyl sites for hydroxylation is 1. The second kappa shape index (κ2) is 10.2.